The van der Waals surface area contributed by atoms with Crippen LogP contribution in [-0.2, 0) is 10.0 Å². The first kappa shape index (κ1) is 17.7. The van der Waals surface area contributed by atoms with Gasteiger partial charge in [-0.1, -0.05) is 15.9 Å². The van der Waals surface area contributed by atoms with Crippen molar-refractivity contribution in [3.8, 4) is 0 Å². The third-order valence-corrected chi connectivity index (χ3v) is 4.91. The number of halogens is 1. The van der Waals surface area contributed by atoms with Crippen molar-refractivity contribution in [2.24, 2.45) is 0 Å². The van der Waals surface area contributed by atoms with Gasteiger partial charge >= 0.3 is 0 Å². The summed E-state index contributed by atoms with van der Waals surface area (Å²) in [7, 11) is 0.368. The van der Waals surface area contributed by atoms with Crippen molar-refractivity contribution in [1.29, 1.82) is 0 Å². The van der Waals surface area contributed by atoms with Gasteiger partial charge < -0.3 is 10.2 Å². The predicted molar refractivity (Wildman–Crippen MR) is 96.2 cm³/mol. The van der Waals surface area contributed by atoms with E-state index >= 15 is 0 Å². The van der Waals surface area contributed by atoms with Gasteiger partial charge in [0, 0.05) is 17.6 Å². The Kier molecular flexibility index (Phi) is 5.97. The van der Waals surface area contributed by atoms with Crippen molar-refractivity contribution < 1.29 is 8.42 Å². The normalized spacial score (nSPS) is 11.5. The Balaban J connectivity index is 2.01. The number of anilines is 2. The fourth-order valence-electron chi connectivity index (χ4n) is 1.79. The van der Waals surface area contributed by atoms with Crippen molar-refractivity contribution in [2.75, 3.05) is 37.2 Å². The first-order chi connectivity index (χ1) is 10.9. The van der Waals surface area contributed by atoms with E-state index in [4.69, 9.17) is 0 Å². The molecule has 1 heterocycles. The second kappa shape index (κ2) is 7.76. The molecule has 0 saturated heterocycles. The second-order valence-electron chi connectivity index (χ2n) is 5.22. The van der Waals surface area contributed by atoms with Crippen LogP contribution in [0.4, 0.5) is 11.5 Å². The van der Waals surface area contributed by atoms with Crippen molar-refractivity contribution in [2.45, 2.75) is 4.90 Å². The Labute approximate surface area is 145 Å². The molecule has 23 heavy (non-hydrogen) atoms. The predicted octanol–water partition coefficient (Wildman–Crippen LogP) is 2.62. The van der Waals surface area contributed by atoms with Gasteiger partial charge in [0.25, 0.3) is 10.0 Å². The summed E-state index contributed by atoms with van der Waals surface area (Å²) in [6, 6.07) is 9.85. The zero-order valence-electron chi connectivity index (χ0n) is 13.0. The standard InChI is InChI=1S/C15H19BrN4O2S/c1-20(2)10-9-17-13-5-8-15(18-11-13)19-23(21,22)14-6-3-12(16)4-7-14/h3-8,11,17H,9-10H2,1-2H3,(H,18,19). The summed E-state index contributed by atoms with van der Waals surface area (Å²) in [6.45, 7) is 1.69. The van der Waals surface area contributed by atoms with Crippen LogP contribution in [0.1, 0.15) is 0 Å². The molecule has 0 fully saturated rings. The van der Waals surface area contributed by atoms with E-state index in [1.165, 1.54) is 12.1 Å². The van der Waals surface area contributed by atoms with E-state index in [1.807, 2.05) is 14.1 Å². The van der Waals surface area contributed by atoms with Crippen LogP contribution in [0.15, 0.2) is 52.0 Å². The van der Waals surface area contributed by atoms with Crippen LogP contribution in [0, 0.1) is 0 Å². The minimum Gasteiger partial charge on any atom is -0.383 e. The Morgan fingerprint density at radius 2 is 1.83 bits per heavy atom. The molecule has 0 aliphatic rings. The van der Waals surface area contributed by atoms with Gasteiger partial charge in [0.1, 0.15) is 5.82 Å². The van der Waals surface area contributed by atoms with Crippen molar-refractivity contribution in [1.82, 2.24) is 9.88 Å². The average Bonchev–Trinajstić information content (AvgIpc) is 2.49. The van der Waals surface area contributed by atoms with Gasteiger partial charge in [-0.15, -0.1) is 0 Å². The van der Waals surface area contributed by atoms with E-state index in [9.17, 15) is 8.42 Å². The maximum Gasteiger partial charge on any atom is 0.263 e. The van der Waals surface area contributed by atoms with Crippen LogP contribution in [-0.4, -0.2) is 45.5 Å². The molecule has 0 atom stereocenters. The number of hydrogen-bond acceptors (Lipinski definition) is 5. The number of aromatic nitrogens is 1. The molecule has 1 aromatic heterocycles. The monoisotopic (exact) mass is 398 g/mol. The molecule has 2 rings (SSSR count). The summed E-state index contributed by atoms with van der Waals surface area (Å²) in [5, 5.41) is 3.22. The van der Waals surface area contributed by atoms with Gasteiger partial charge in [-0.3, -0.25) is 4.72 Å². The Morgan fingerprint density at radius 1 is 1.13 bits per heavy atom. The quantitative estimate of drug-likeness (QED) is 0.749. The first-order valence-corrected chi connectivity index (χ1v) is 9.27. The van der Waals surface area contributed by atoms with Crippen molar-refractivity contribution in [3.63, 3.8) is 0 Å². The minimum absolute atomic E-state index is 0.190. The average molecular weight is 399 g/mol. The van der Waals surface area contributed by atoms with Gasteiger partial charge in [0.2, 0.25) is 0 Å². The molecule has 0 spiro atoms. The highest BCUT2D eigenvalue weighted by Gasteiger charge is 2.14. The molecule has 1 aromatic carbocycles. The third-order valence-electron chi connectivity index (χ3n) is 3.01. The van der Waals surface area contributed by atoms with E-state index in [2.05, 4.69) is 35.9 Å². The molecule has 2 aromatic rings. The number of rotatable bonds is 7. The minimum atomic E-state index is -3.63. The van der Waals surface area contributed by atoms with Crippen LogP contribution >= 0.6 is 15.9 Å². The van der Waals surface area contributed by atoms with Crippen molar-refractivity contribution in [3.05, 3.63) is 47.1 Å². The van der Waals surface area contributed by atoms with Gasteiger partial charge in [0.05, 0.1) is 16.8 Å². The fourth-order valence-corrected chi connectivity index (χ4v) is 3.07. The lowest BCUT2D eigenvalue weighted by Gasteiger charge is -2.12. The summed E-state index contributed by atoms with van der Waals surface area (Å²) in [4.78, 5) is 6.39. The van der Waals surface area contributed by atoms with E-state index < -0.39 is 10.0 Å². The molecule has 0 radical (unpaired) electrons. The summed E-state index contributed by atoms with van der Waals surface area (Å²) in [5.41, 5.74) is 0.846. The number of pyridine rings is 1. The number of sulfonamides is 1. The summed E-state index contributed by atoms with van der Waals surface area (Å²) >= 11 is 3.28. The van der Waals surface area contributed by atoms with Crippen LogP contribution in [0.25, 0.3) is 0 Å². The molecule has 6 nitrogen and oxygen atoms in total. The Hall–Kier alpha value is -1.64. The number of hydrogen-bond donors (Lipinski definition) is 2. The van der Waals surface area contributed by atoms with Crippen LogP contribution in [0.3, 0.4) is 0 Å². The number of likely N-dealkylation sites (N-methyl/N-ethyl adjacent to an activating group) is 1. The zero-order valence-corrected chi connectivity index (χ0v) is 15.4. The van der Waals surface area contributed by atoms with Gasteiger partial charge in [-0.2, -0.15) is 0 Å². The van der Waals surface area contributed by atoms with Gasteiger partial charge in [-0.05, 0) is 50.5 Å². The zero-order chi connectivity index (χ0) is 16.9. The smallest absolute Gasteiger partial charge is 0.263 e. The van der Waals surface area contributed by atoms with E-state index in [0.717, 1.165) is 23.2 Å². The van der Waals surface area contributed by atoms with Crippen LogP contribution < -0.4 is 10.0 Å². The van der Waals surface area contributed by atoms with E-state index in [-0.39, 0.29) is 10.7 Å². The molecule has 0 bridgehead atoms. The van der Waals surface area contributed by atoms with E-state index in [1.54, 1.807) is 30.5 Å². The molecular formula is C15H19BrN4O2S. The van der Waals surface area contributed by atoms with Crippen molar-refractivity contribution >= 4 is 37.5 Å². The van der Waals surface area contributed by atoms with Crippen LogP contribution in [0.2, 0.25) is 0 Å². The highest BCUT2D eigenvalue weighted by molar-refractivity contribution is 9.10. The molecule has 8 heteroatoms. The Bertz CT molecular complexity index is 731. The maximum atomic E-state index is 12.3. The lowest BCUT2D eigenvalue weighted by molar-refractivity contribution is 0.425. The second-order valence-corrected chi connectivity index (χ2v) is 7.82. The number of benzene rings is 1. The highest BCUT2D eigenvalue weighted by Crippen LogP contribution is 2.18. The lowest BCUT2D eigenvalue weighted by atomic mass is 10.4. The molecule has 2 N–H and O–H groups in total. The topological polar surface area (TPSA) is 74.3 Å². The number of nitrogens with zero attached hydrogens (tertiary/aromatic N) is 2. The van der Waals surface area contributed by atoms with Crippen LogP contribution in [0.5, 0.6) is 0 Å². The molecule has 0 saturated carbocycles. The number of nitrogens with one attached hydrogen (secondary N) is 2. The summed E-state index contributed by atoms with van der Waals surface area (Å²) in [5.74, 6) is 0.283. The molecule has 0 unspecified atom stereocenters. The third kappa shape index (κ3) is 5.49. The first-order valence-electron chi connectivity index (χ1n) is 7.00. The Morgan fingerprint density at radius 3 is 2.39 bits per heavy atom. The summed E-state index contributed by atoms with van der Waals surface area (Å²) < 4.78 is 27.8. The lowest BCUT2D eigenvalue weighted by Crippen LogP contribution is -2.20. The molecule has 124 valence electrons. The summed E-state index contributed by atoms with van der Waals surface area (Å²) in [6.07, 6.45) is 1.61. The maximum absolute atomic E-state index is 12.3. The SMILES string of the molecule is CN(C)CCNc1ccc(NS(=O)(=O)c2ccc(Br)cc2)nc1. The fraction of sp³-hybridized carbons (Fsp3) is 0.267. The van der Waals surface area contributed by atoms with Gasteiger partial charge in [0.15, 0.2) is 0 Å². The van der Waals surface area contributed by atoms with E-state index in [0.29, 0.717) is 0 Å². The van der Waals surface area contributed by atoms with Gasteiger partial charge in [-0.25, -0.2) is 13.4 Å². The largest absolute Gasteiger partial charge is 0.383 e. The molecule has 0 aliphatic heterocycles. The highest BCUT2D eigenvalue weighted by atomic mass is 79.9. The molecular weight excluding hydrogens is 380 g/mol. The molecule has 0 aliphatic carbocycles. The molecule has 0 amide bonds.